The van der Waals surface area contributed by atoms with E-state index >= 15 is 0 Å². The quantitative estimate of drug-likeness (QED) is 0.914. The number of nitrogens with zero attached hydrogens (tertiary/aromatic N) is 1. The van der Waals surface area contributed by atoms with Gasteiger partial charge in [-0.1, -0.05) is 35.8 Å². The van der Waals surface area contributed by atoms with Crippen molar-refractivity contribution in [2.45, 2.75) is 32.9 Å². The third kappa shape index (κ3) is 4.26. The molecule has 1 saturated heterocycles. The molecule has 19 heavy (non-hydrogen) atoms. The summed E-state index contributed by atoms with van der Waals surface area (Å²) in [4.78, 5) is 2.36. The normalized spacial score (nSPS) is 21.6. The van der Waals surface area contributed by atoms with Crippen molar-refractivity contribution in [3.8, 4) is 0 Å². The Kier molecular flexibility index (Phi) is 5.37. The van der Waals surface area contributed by atoms with Crippen molar-refractivity contribution in [2.24, 2.45) is 5.92 Å². The first kappa shape index (κ1) is 14.9. The van der Waals surface area contributed by atoms with E-state index in [-0.39, 0.29) is 5.82 Å². The third-order valence-corrected chi connectivity index (χ3v) is 4.22. The van der Waals surface area contributed by atoms with Gasteiger partial charge >= 0.3 is 0 Å². The molecule has 0 aromatic heterocycles. The molecule has 0 radical (unpaired) electrons. The lowest BCUT2D eigenvalue weighted by atomic mass is 10.0. The fraction of sp³-hybridized carbons (Fsp3) is 0.600. The summed E-state index contributed by atoms with van der Waals surface area (Å²) in [6.07, 6.45) is 1.13. The first-order valence-electron chi connectivity index (χ1n) is 6.96. The van der Waals surface area contributed by atoms with Crippen LogP contribution in [0.3, 0.4) is 0 Å². The molecule has 1 atom stereocenters. The van der Waals surface area contributed by atoms with E-state index in [4.69, 9.17) is 0 Å². The van der Waals surface area contributed by atoms with Gasteiger partial charge in [0.15, 0.2) is 0 Å². The highest BCUT2D eigenvalue weighted by Gasteiger charge is 2.20. The van der Waals surface area contributed by atoms with Gasteiger partial charge in [-0.3, -0.25) is 4.90 Å². The molecule has 1 heterocycles. The number of nitrogens with one attached hydrogen (secondary N) is 1. The van der Waals surface area contributed by atoms with E-state index in [9.17, 15) is 4.39 Å². The summed E-state index contributed by atoms with van der Waals surface area (Å²) in [5, 5.41) is 3.58. The molecule has 1 aromatic carbocycles. The molecule has 2 rings (SSSR count). The zero-order chi connectivity index (χ0) is 13.8. The van der Waals surface area contributed by atoms with E-state index in [0.29, 0.717) is 18.5 Å². The van der Waals surface area contributed by atoms with Gasteiger partial charge in [0.05, 0.1) is 0 Å². The van der Waals surface area contributed by atoms with Crippen LogP contribution in [-0.4, -0.2) is 30.6 Å². The van der Waals surface area contributed by atoms with Crippen molar-refractivity contribution in [2.75, 3.05) is 19.6 Å². The third-order valence-electron chi connectivity index (χ3n) is 3.73. The standard InChI is InChI=1S/C15H22BrFN2/c1-11(2)15-10-19(7-3-6-18-15)9-12-4-5-13(16)8-14(12)17/h4-5,8,11,15,18H,3,6-7,9-10H2,1-2H3. The predicted octanol–water partition coefficient (Wildman–Crippen LogP) is 3.41. The Morgan fingerprint density at radius 3 is 2.95 bits per heavy atom. The first-order chi connectivity index (χ1) is 9.06. The van der Waals surface area contributed by atoms with Gasteiger partial charge in [-0.2, -0.15) is 0 Å². The summed E-state index contributed by atoms with van der Waals surface area (Å²) in [5.41, 5.74) is 0.785. The maximum Gasteiger partial charge on any atom is 0.128 e. The summed E-state index contributed by atoms with van der Waals surface area (Å²) in [5.74, 6) is 0.489. The first-order valence-corrected chi connectivity index (χ1v) is 7.75. The van der Waals surface area contributed by atoms with Gasteiger partial charge in [-0.05, 0) is 37.6 Å². The topological polar surface area (TPSA) is 15.3 Å². The minimum absolute atomic E-state index is 0.118. The van der Waals surface area contributed by atoms with Crippen molar-refractivity contribution in [3.63, 3.8) is 0 Å². The molecule has 0 aliphatic carbocycles. The van der Waals surface area contributed by atoms with Crippen LogP contribution < -0.4 is 5.32 Å². The van der Waals surface area contributed by atoms with Gasteiger partial charge < -0.3 is 5.32 Å². The zero-order valence-corrected chi connectivity index (χ0v) is 13.2. The highest BCUT2D eigenvalue weighted by atomic mass is 79.9. The van der Waals surface area contributed by atoms with Gasteiger partial charge in [0.1, 0.15) is 5.82 Å². The minimum atomic E-state index is -0.118. The largest absolute Gasteiger partial charge is 0.312 e. The second kappa shape index (κ2) is 6.82. The minimum Gasteiger partial charge on any atom is -0.312 e. The van der Waals surface area contributed by atoms with Gasteiger partial charge in [0, 0.05) is 29.2 Å². The molecule has 2 nitrogen and oxygen atoms in total. The molecule has 1 fully saturated rings. The molecule has 0 spiro atoms. The summed E-state index contributed by atoms with van der Waals surface area (Å²) < 4.78 is 14.7. The number of hydrogen-bond donors (Lipinski definition) is 1. The molecule has 106 valence electrons. The van der Waals surface area contributed by atoms with Crippen LogP contribution in [0.25, 0.3) is 0 Å². The number of hydrogen-bond acceptors (Lipinski definition) is 2. The van der Waals surface area contributed by atoms with Crippen molar-refractivity contribution < 1.29 is 4.39 Å². The summed E-state index contributed by atoms with van der Waals surface area (Å²) >= 11 is 3.30. The fourth-order valence-corrected chi connectivity index (χ4v) is 2.84. The Hall–Kier alpha value is -0.450. The van der Waals surface area contributed by atoms with Gasteiger partial charge in [0.25, 0.3) is 0 Å². The molecular formula is C15H22BrFN2. The molecule has 0 saturated carbocycles. The molecule has 1 N–H and O–H groups in total. The molecular weight excluding hydrogens is 307 g/mol. The van der Waals surface area contributed by atoms with Crippen LogP contribution >= 0.6 is 15.9 Å². The van der Waals surface area contributed by atoms with Crippen molar-refractivity contribution >= 4 is 15.9 Å². The number of rotatable bonds is 3. The van der Waals surface area contributed by atoms with Gasteiger partial charge in [-0.15, -0.1) is 0 Å². The van der Waals surface area contributed by atoms with Crippen LogP contribution in [0.2, 0.25) is 0 Å². The SMILES string of the molecule is CC(C)C1CN(Cc2ccc(Br)cc2F)CCCN1. The second-order valence-corrected chi connectivity index (χ2v) is 6.54. The molecule has 1 unspecified atom stereocenters. The summed E-state index contributed by atoms with van der Waals surface area (Å²) in [6, 6.07) is 5.84. The molecule has 0 amide bonds. The van der Waals surface area contributed by atoms with Gasteiger partial charge in [0.2, 0.25) is 0 Å². The Balaban J connectivity index is 2.04. The Morgan fingerprint density at radius 1 is 1.47 bits per heavy atom. The van der Waals surface area contributed by atoms with Crippen LogP contribution in [0.15, 0.2) is 22.7 Å². The molecule has 4 heteroatoms. The van der Waals surface area contributed by atoms with Crippen LogP contribution in [0.5, 0.6) is 0 Å². The van der Waals surface area contributed by atoms with Crippen molar-refractivity contribution in [1.29, 1.82) is 0 Å². The van der Waals surface area contributed by atoms with Crippen molar-refractivity contribution in [1.82, 2.24) is 10.2 Å². The Labute approximate surface area is 123 Å². The monoisotopic (exact) mass is 328 g/mol. The average molecular weight is 329 g/mol. The Morgan fingerprint density at radius 2 is 2.26 bits per heavy atom. The fourth-order valence-electron chi connectivity index (χ4n) is 2.51. The maximum atomic E-state index is 13.9. The van der Waals surface area contributed by atoms with Crippen LogP contribution in [0, 0.1) is 11.7 Å². The zero-order valence-electron chi connectivity index (χ0n) is 11.6. The molecule has 1 aromatic rings. The average Bonchev–Trinajstić information content (AvgIpc) is 2.58. The molecule has 0 bridgehead atoms. The van der Waals surface area contributed by atoms with E-state index in [1.54, 1.807) is 6.07 Å². The predicted molar refractivity (Wildman–Crippen MR) is 80.6 cm³/mol. The Bertz CT molecular complexity index is 423. The lowest BCUT2D eigenvalue weighted by Crippen LogP contribution is -2.41. The highest BCUT2D eigenvalue weighted by molar-refractivity contribution is 9.10. The van der Waals surface area contributed by atoms with Crippen LogP contribution in [0.1, 0.15) is 25.8 Å². The smallest absolute Gasteiger partial charge is 0.128 e. The van der Waals surface area contributed by atoms with Crippen LogP contribution in [0.4, 0.5) is 4.39 Å². The highest BCUT2D eigenvalue weighted by Crippen LogP contribution is 2.18. The van der Waals surface area contributed by atoms with E-state index < -0.39 is 0 Å². The molecule has 1 aliphatic rings. The summed E-state index contributed by atoms with van der Waals surface area (Å²) in [6.45, 7) is 8.26. The summed E-state index contributed by atoms with van der Waals surface area (Å²) in [7, 11) is 0. The lowest BCUT2D eigenvalue weighted by Gasteiger charge is -2.26. The number of benzene rings is 1. The van der Waals surface area contributed by atoms with Gasteiger partial charge in [-0.25, -0.2) is 4.39 Å². The maximum absolute atomic E-state index is 13.9. The van der Waals surface area contributed by atoms with Crippen LogP contribution in [-0.2, 0) is 6.54 Å². The van der Waals surface area contributed by atoms with Crippen molar-refractivity contribution in [3.05, 3.63) is 34.1 Å². The number of halogens is 2. The van der Waals surface area contributed by atoms with E-state index in [2.05, 4.69) is 40.0 Å². The van der Waals surface area contributed by atoms with E-state index in [1.165, 1.54) is 0 Å². The van der Waals surface area contributed by atoms with E-state index in [0.717, 1.165) is 36.1 Å². The second-order valence-electron chi connectivity index (χ2n) is 5.63. The molecule has 1 aliphatic heterocycles. The lowest BCUT2D eigenvalue weighted by molar-refractivity contribution is 0.236. The van der Waals surface area contributed by atoms with E-state index in [1.807, 2.05) is 12.1 Å².